The first kappa shape index (κ1) is 22.0. The molecule has 0 heterocycles. The van der Waals surface area contributed by atoms with Gasteiger partial charge in [-0.15, -0.1) is 0 Å². The molecule has 0 saturated heterocycles. The first-order valence-corrected chi connectivity index (χ1v) is 10.1. The Bertz CT molecular complexity index is 268. The maximum atomic E-state index is 2.53. The van der Waals surface area contributed by atoms with Crippen LogP contribution in [0.5, 0.6) is 0 Å². The van der Waals surface area contributed by atoms with Crippen molar-refractivity contribution in [3.05, 3.63) is 0 Å². The summed E-state index contributed by atoms with van der Waals surface area (Å²) in [7, 11) is 0. The highest BCUT2D eigenvalue weighted by molar-refractivity contribution is 4.82. The molecular formula is C22H46. The average molecular weight is 311 g/mol. The van der Waals surface area contributed by atoms with Crippen molar-refractivity contribution >= 4 is 0 Å². The second kappa shape index (κ2) is 9.99. The number of hydrogen-bond donors (Lipinski definition) is 0. The standard InChI is InChI=1S/C22H46/c1-11-19(12-2)18(7)21(14-4)17(6)16(5)15-20(13-3)22(8,9)10/h16-21H,11-15H2,1-10H3. The van der Waals surface area contributed by atoms with Crippen molar-refractivity contribution < 1.29 is 0 Å². The van der Waals surface area contributed by atoms with Crippen LogP contribution in [0.25, 0.3) is 0 Å². The molecule has 0 heteroatoms. The Morgan fingerprint density at radius 2 is 1.18 bits per heavy atom. The predicted octanol–water partition coefficient (Wildman–Crippen LogP) is 7.82. The molecule has 0 saturated carbocycles. The Morgan fingerprint density at radius 1 is 0.682 bits per heavy atom. The van der Waals surface area contributed by atoms with Crippen molar-refractivity contribution in [2.75, 3.05) is 0 Å². The fourth-order valence-corrected chi connectivity index (χ4v) is 4.82. The molecule has 0 spiro atoms. The van der Waals surface area contributed by atoms with Gasteiger partial charge in [0.25, 0.3) is 0 Å². The molecule has 0 radical (unpaired) electrons. The van der Waals surface area contributed by atoms with Crippen molar-refractivity contribution in [3.8, 4) is 0 Å². The minimum absolute atomic E-state index is 0.450. The second-order valence-corrected chi connectivity index (χ2v) is 9.05. The third-order valence-corrected chi connectivity index (χ3v) is 6.89. The van der Waals surface area contributed by atoms with E-state index in [1.165, 1.54) is 32.1 Å². The summed E-state index contributed by atoms with van der Waals surface area (Å²) < 4.78 is 0. The molecule has 22 heavy (non-hydrogen) atoms. The second-order valence-electron chi connectivity index (χ2n) is 9.05. The highest BCUT2D eigenvalue weighted by Crippen LogP contribution is 2.41. The van der Waals surface area contributed by atoms with Crippen molar-refractivity contribution in [2.45, 2.75) is 101 Å². The van der Waals surface area contributed by atoms with Crippen LogP contribution in [-0.4, -0.2) is 0 Å². The SMILES string of the molecule is CCC(CC)C(C)C(CC)C(C)C(C)CC(CC)C(C)(C)C. The Hall–Kier alpha value is 0. The lowest BCUT2D eigenvalue weighted by molar-refractivity contribution is 0.104. The molecule has 0 fully saturated rings. The van der Waals surface area contributed by atoms with Gasteiger partial charge in [-0.25, -0.2) is 0 Å². The molecule has 5 unspecified atom stereocenters. The summed E-state index contributed by atoms with van der Waals surface area (Å²) in [5, 5.41) is 0. The topological polar surface area (TPSA) is 0 Å². The fraction of sp³-hybridized carbons (Fsp3) is 1.00. The van der Waals surface area contributed by atoms with E-state index in [9.17, 15) is 0 Å². The summed E-state index contributed by atoms with van der Waals surface area (Å²) in [5.74, 6) is 5.20. The molecule has 0 bridgehead atoms. The van der Waals surface area contributed by atoms with E-state index in [0.29, 0.717) is 5.41 Å². The number of rotatable bonds is 10. The lowest BCUT2D eigenvalue weighted by atomic mass is 9.66. The summed E-state index contributed by atoms with van der Waals surface area (Å²) in [6.45, 7) is 24.4. The molecule has 0 nitrogen and oxygen atoms in total. The van der Waals surface area contributed by atoms with E-state index in [4.69, 9.17) is 0 Å². The molecular weight excluding hydrogens is 264 g/mol. The third-order valence-electron chi connectivity index (χ3n) is 6.89. The highest BCUT2D eigenvalue weighted by Gasteiger charge is 2.32. The minimum Gasteiger partial charge on any atom is -0.0651 e. The highest BCUT2D eigenvalue weighted by atomic mass is 14.4. The molecule has 0 N–H and O–H groups in total. The van der Waals surface area contributed by atoms with Gasteiger partial charge < -0.3 is 0 Å². The normalized spacial score (nSPS) is 19.8. The summed E-state index contributed by atoms with van der Waals surface area (Å²) in [4.78, 5) is 0. The van der Waals surface area contributed by atoms with Crippen LogP contribution in [0, 0.1) is 40.9 Å². The molecule has 0 aliphatic rings. The summed E-state index contributed by atoms with van der Waals surface area (Å²) >= 11 is 0. The minimum atomic E-state index is 0.450. The molecule has 0 aromatic rings. The van der Waals surface area contributed by atoms with Gasteiger partial charge in [0.1, 0.15) is 0 Å². The molecule has 0 aliphatic carbocycles. The monoisotopic (exact) mass is 310 g/mol. The van der Waals surface area contributed by atoms with Crippen molar-refractivity contribution in [1.29, 1.82) is 0 Å². The van der Waals surface area contributed by atoms with Crippen LogP contribution in [0.15, 0.2) is 0 Å². The quantitative estimate of drug-likeness (QED) is 0.386. The molecule has 0 aromatic heterocycles. The van der Waals surface area contributed by atoms with Gasteiger partial charge in [0.05, 0.1) is 0 Å². The van der Waals surface area contributed by atoms with E-state index in [0.717, 1.165) is 35.5 Å². The van der Waals surface area contributed by atoms with Gasteiger partial charge in [0.15, 0.2) is 0 Å². The van der Waals surface area contributed by atoms with Gasteiger partial charge in [0, 0.05) is 0 Å². The lowest BCUT2D eigenvalue weighted by Gasteiger charge is -2.39. The van der Waals surface area contributed by atoms with Crippen molar-refractivity contribution in [1.82, 2.24) is 0 Å². The zero-order chi connectivity index (χ0) is 17.5. The summed E-state index contributed by atoms with van der Waals surface area (Å²) in [6, 6.07) is 0. The van der Waals surface area contributed by atoms with Crippen LogP contribution >= 0.6 is 0 Å². The number of hydrogen-bond acceptors (Lipinski definition) is 0. The molecule has 134 valence electrons. The van der Waals surface area contributed by atoms with Crippen LogP contribution in [0.3, 0.4) is 0 Å². The predicted molar refractivity (Wildman–Crippen MR) is 103 cm³/mol. The largest absolute Gasteiger partial charge is 0.0651 e. The maximum absolute atomic E-state index is 2.53. The van der Waals surface area contributed by atoms with E-state index in [1.807, 2.05) is 0 Å². The van der Waals surface area contributed by atoms with E-state index in [-0.39, 0.29) is 0 Å². The zero-order valence-electron chi connectivity index (χ0n) is 17.5. The molecule has 0 aliphatic heterocycles. The lowest BCUT2D eigenvalue weighted by Crippen LogP contribution is -2.31. The van der Waals surface area contributed by atoms with Crippen LogP contribution in [-0.2, 0) is 0 Å². The van der Waals surface area contributed by atoms with Crippen LogP contribution in [0.2, 0.25) is 0 Å². The van der Waals surface area contributed by atoms with Gasteiger partial charge >= 0.3 is 0 Å². The first-order valence-electron chi connectivity index (χ1n) is 10.1. The summed E-state index contributed by atoms with van der Waals surface area (Å²) in [6.07, 6.45) is 6.74. The van der Waals surface area contributed by atoms with E-state index >= 15 is 0 Å². The molecule has 0 aromatic carbocycles. The van der Waals surface area contributed by atoms with Crippen LogP contribution in [0.4, 0.5) is 0 Å². The van der Waals surface area contributed by atoms with Gasteiger partial charge in [-0.2, -0.15) is 0 Å². The van der Waals surface area contributed by atoms with E-state index in [2.05, 4.69) is 69.2 Å². The Balaban J connectivity index is 4.91. The van der Waals surface area contributed by atoms with Crippen LogP contribution in [0.1, 0.15) is 101 Å². The van der Waals surface area contributed by atoms with E-state index in [1.54, 1.807) is 0 Å². The van der Waals surface area contributed by atoms with Gasteiger partial charge in [-0.05, 0) is 47.3 Å². The molecule has 0 rings (SSSR count). The first-order chi connectivity index (χ1) is 10.1. The van der Waals surface area contributed by atoms with Gasteiger partial charge in [-0.3, -0.25) is 0 Å². The summed E-state index contributed by atoms with van der Waals surface area (Å²) in [5.41, 5.74) is 0.450. The van der Waals surface area contributed by atoms with Crippen molar-refractivity contribution in [2.24, 2.45) is 40.9 Å². The Kier molecular flexibility index (Phi) is 9.99. The third kappa shape index (κ3) is 6.25. The molecule has 5 atom stereocenters. The maximum Gasteiger partial charge on any atom is -0.0354 e. The molecule has 0 amide bonds. The average Bonchev–Trinajstić information content (AvgIpc) is 2.45. The van der Waals surface area contributed by atoms with Crippen molar-refractivity contribution in [3.63, 3.8) is 0 Å². The zero-order valence-corrected chi connectivity index (χ0v) is 17.5. The fourth-order valence-electron chi connectivity index (χ4n) is 4.82. The van der Waals surface area contributed by atoms with Gasteiger partial charge in [-0.1, -0.05) is 94.9 Å². The van der Waals surface area contributed by atoms with Gasteiger partial charge in [0.2, 0.25) is 0 Å². The smallest absolute Gasteiger partial charge is 0.0354 e. The van der Waals surface area contributed by atoms with Crippen LogP contribution < -0.4 is 0 Å². The Morgan fingerprint density at radius 3 is 1.50 bits per heavy atom. The Labute approximate surface area is 142 Å². The van der Waals surface area contributed by atoms with E-state index < -0.39 is 0 Å².